The molecule has 1 aromatic carbocycles. The summed E-state index contributed by atoms with van der Waals surface area (Å²) in [5, 5.41) is 3.52. The summed E-state index contributed by atoms with van der Waals surface area (Å²) in [7, 11) is 1.69. The predicted molar refractivity (Wildman–Crippen MR) is 98.4 cm³/mol. The molecule has 3 heteroatoms. The molecule has 1 aliphatic rings. The number of amidine groups is 1. The molecule has 0 radical (unpaired) electrons. The Morgan fingerprint density at radius 2 is 1.91 bits per heavy atom. The Bertz CT molecular complexity index is 481. The molecule has 0 spiro atoms. The topological polar surface area (TPSA) is 33.6 Å². The van der Waals surface area contributed by atoms with Crippen molar-refractivity contribution in [2.24, 2.45) is 16.8 Å². The number of nitrogens with one attached hydrogen (secondary N) is 1. The molecule has 0 aromatic heterocycles. The highest BCUT2D eigenvalue weighted by atomic mass is 16.5. The highest BCUT2D eigenvalue weighted by Crippen LogP contribution is 2.22. The Morgan fingerprint density at radius 3 is 2.52 bits per heavy atom. The van der Waals surface area contributed by atoms with Crippen LogP contribution < -0.4 is 10.1 Å². The SMILES string of the molecule is CCCCCCCC(C)C1CN=C(c2ccc(OC)cc2)NC1. The van der Waals surface area contributed by atoms with Crippen LogP contribution in [0, 0.1) is 11.8 Å². The molecule has 2 unspecified atom stereocenters. The van der Waals surface area contributed by atoms with Gasteiger partial charge in [0.05, 0.1) is 7.11 Å². The van der Waals surface area contributed by atoms with Gasteiger partial charge in [-0.05, 0) is 36.1 Å². The largest absolute Gasteiger partial charge is 0.497 e. The van der Waals surface area contributed by atoms with Crippen LogP contribution in [0.15, 0.2) is 29.3 Å². The summed E-state index contributed by atoms with van der Waals surface area (Å²) in [6.45, 7) is 6.65. The zero-order valence-electron chi connectivity index (χ0n) is 15.0. The third-order valence-electron chi connectivity index (χ3n) is 4.95. The van der Waals surface area contributed by atoms with E-state index in [9.17, 15) is 0 Å². The normalized spacial score (nSPS) is 18.9. The number of ether oxygens (including phenoxy) is 1. The fourth-order valence-corrected chi connectivity index (χ4v) is 3.19. The van der Waals surface area contributed by atoms with Crippen molar-refractivity contribution in [3.63, 3.8) is 0 Å². The van der Waals surface area contributed by atoms with E-state index in [-0.39, 0.29) is 0 Å². The van der Waals surface area contributed by atoms with E-state index < -0.39 is 0 Å². The standard InChI is InChI=1S/C20H32N2O/c1-4-5-6-7-8-9-16(2)18-14-21-20(22-15-18)17-10-12-19(23-3)13-11-17/h10-13,16,18H,4-9,14-15H2,1-3H3,(H,21,22). The minimum absolute atomic E-state index is 0.670. The molecular formula is C20H32N2O. The van der Waals surface area contributed by atoms with Crippen LogP contribution in [0.3, 0.4) is 0 Å². The number of unbranched alkanes of at least 4 members (excludes halogenated alkanes) is 4. The molecule has 1 aliphatic heterocycles. The van der Waals surface area contributed by atoms with E-state index in [1.807, 2.05) is 12.1 Å². The lowest BCUT2D eigenvalue weighted by molar-refractivity contribution is 0.325. The molecule has 0 fully saturated rings. The van der Waals surface area contributed by atoms with Gasteiger partial charge in [0.2, 0.25) is 0 Å². The Hall–Kier alpha value is -1.51. The van der Waals surface area contributed by atoms with Crippen molar-refractivity contribution in [1.29, 1.82) is 0 Å². The Kier molecular flexibility index (Phi) is 7.44. The Morgan fingerprint density at radius 1 is 1.17 bits per heavy atom. The molecule has 0 aliphatic carbocycles. The smallest absolute Gasteiger partial charge is 0.128 e. The van der Waals surface area contributed by atoms with Crippen LogP contribution >= 0.6 is 0 Å². The van der Waals surface area contributed by atoms with Gasteiger partial charge < -0.3 is 10.1 Å². The number of aliphatic imine (C=N–C) groups is 1. The number of benzene rings is 1. The summed E-state index contributed by atoms with van der Waals surface area (Å²) in [6, 6.07) is 8.12. The highest BCUT2D eigenvalue weighted by molar-refractivity contribution is 5.99. The molecule has 128 valence electrons. The number of hydrogen-bond acceptors (Lipinski definition) is 3. The first-order chi connectivity index (χ1) is 11.2. The van der Waals surface area contributed by atoms with Gasteiger partial charge in [0.1, 0.15) is 11.6 Å². The minimum Gasteiger partial charge on any atom is -0.497 e. The van der Waals surface area contributed by atoms with E-state index >= 15 is 0 Å². The van der Waals surface area contributed by atoms with E-state index in [4.69, 9.17) is 9.73 Å². The van der Waals surface area contributed by atoms with Gasteiger partial charge in [0, 0.05) is 18.7 Å². The van der Waals surface area contributed by atoms with E-state index in [2.05, 4.69) is 31.3 Å². The number of nitrogens with zero attached hydrogens (tertiary/aromatic N) is 1. The second-order valence-corrected chi connectivity index (χ2v) is 6.74. The lowest BCUT2D eigenvalue weighted by Crippen LogP contribution is -2.38. The summed E-state index contributed by atoms with van der Waals surface area (Å²) in [5.74, 6) is 3.34. The van der Waals surface area contributed by atoms with Crippen LogP contribution in [0.2, 0.25) is 0 Å². The van der Waals surface area contributed by atoms with Crippen LogP contribution in [-0.4, -0.2) is 26.0 Å². The molecule has 1 aromatic rings. The molecule has 2 rings (SSSR count). The first kappa shape index (κ1) is 17.8. The average molecular weight is 316 g/mol. The maximum absolute atomic E-state index is 5.21. The molecule has 1 N–H and O–H groups in total. The van der Waals surface area contributed by atoms with Gasteiger partial charge in [0.25, 0.3) is 0 Å². The van der Waals surface area contributed by atoms with Gasteiger partial charge in [-0.25, -0.2) is 0 Å². The van der Waals surface area contributed by atoms with Crippen molar-refractivity contribution >= 4 is 5.84 Å². The third kappa shape index (κ3) is 5.56. The zero-order chi connectivity index (χ0) is 16.5. The number of rotatable bonds is 9. The second kappa shape index (κ2) is 9.59. The summed E-state index contributed by atoms with van der Waals surface area (Å²) in [6.07, 6.45) is 8.20. The van der Waals surface area contributed by atoms with Crippen LogP contribution in [0.1, 0.15) is 57.9 Å². The number of methoxy groups -OCH3 is 1. The maximum Gasteiger partial charge on any atom is 0.128 e. The first-order valence-corrected chi connectivity index (χ1v) is 9.17. The lowest BCUT2D eigenvalue weighted by atomic mass is 9.88. The molecule has 0 saturated carbocycles. The van der Waals surface area contributed by atoms with Gasteiger partial charge in [-0.3, -0.25) is 4.99 Å². The molecule has 0 bridgehead atoms. The molecular weight excluding hydrogens is 284 g/mol. The number of hydrogen-bond donors (Lipinski definition) is 1. The third-order valence-corrected chi connectivity index (χ3v) is 4.95. The average Bonchev–Trinajstić information content (AvgIpc) is 2.61. The van der Waals surface area contributed by atoms with Crippen molar-refractivity contribution in [3.8, 4) is 5.75 Å². The summed E-state index contributed by atoms with van der Waals surface area (Å²) >= 11 is 0. The monoisotopic (exact) mass is 316 g/mol. The van der Waals surface area contributed by atoms with Crippen molar-refractivity contribution in [3.05, 3.63) is 29.8 Å². The van der Waals surface area contributed by atoms with Crippen LogP contribution in [-0.2, 0) is 0 Å². The highest BCUT2D eigenvalue weighted by Gasteiger charge is 2.21. The van der Waals surface area contributed by atoms with Gasteiger partial charge in [0.15, 0.2) is 0 Å². The first-order valence-electron chi connectivity index (χ1n) is 9.17. The van der Waals surface area contributed by atoms with Gasteiger partial charge >= 0.3 is 0 Å². The Balaban J connectivity index is 1.77. The van der Waals surface area contributed by atoms with Crippen molar-refractivity contribution in [1.82, 2.24) is 5.32 Å². The van der Waals surface area contributed by atoms with Crippen LogP contribution in [0.4, 0.5) is 0 Å². The summed E-state index contributed by atoms with van der Waals surface area (Å²) in [4.78, 5) is 4.78. The molecule has 0 amide bonds. The van der Waals surface area contributed by atoms with Crippen LogP contribution in [0.25, 0.3) is 0 Å². The minimum atomic E-state index is 0.670. The second-order valence-electron chi connectivity index (χ2n) is 6.74. The fraction of sp³-hybridized carbons (Fsp3) is 0.650. The van der Waals surface area contributed by atoms with Gasteiger partial charge in [-0.1, -0.05) is 52.4 Å². The van der Waals surface area contributed by atoms with E-state index in [1.165, 1.54) is 38.5 Å². The zero-order valence-corrected chi connectivity index (χ0v) is 15.0. The van der Waals surface area contributed by atoms with E-state index in [1.54, 1.807) is 7.11 Å². The van der Waals surface area contributed by atoms with Crippen molar-refractivity contribution in [2.45, 2.75) is 52.4 Å². The van der Waals surface area contributed by atoms with Gasteiger partial charge in [-0.15, -0.1) is 0 Å². The Labute approximate surface area is 141 Å². The van der Waals surface area contributed by atoms with E-state index in [0.29, 0.717) is 5.92 Å². The maximum atomic E-state index is 5.21. The molecule has 0 saturated heterocycles. The summed E-state index contributed by atoms with van der Waals surface area (Å²) in [5.41, 5.74) is 1.15. The molecule has 2 atom stereocenters. The molecule has 1 heterocycles. The van der Waals surface area contributed by atoms with Gasteiger partial charge in [-0.2, -0.15) is 0 Å². The quantitative estimate of drug-likeness (QED) is 0.672. The predicted octanol–water partition coefficient (Wildman–Crippen LogP) is 4.66. The molecule has 23 heavy (non-hydrogen) atoms. The van der Waals surface area contributed by atoms with Crippen molar-refractivity contribution in [2.75, 3.05) is 20.2 Å². The molecule has 3 nitrogen and oxygen atoms in total. The van der Waals surface area contributed by atoms with Crippen LogP contribution in [0.5, 0.6) is 5.75 Å². The fourth-order valence-electron chi connectivity index (χ4n) is 3.19. The van der Waals surface area contributed by atoms with Crippen molar-refractivity contribution < 1.29 is 4.74 Å². The lowest BCUT2D eigenvalue weighted by Gasteiger charge is -2.28. The van der Waals surface area contributed by atoms with E-state index in [0.717, 1.165) is 36.2 Å². The summed E-state index contributed by atoms with van der Waals surface area (Å²) < 4.78 is 5.21.